The van der Waals surface area contributed by atoms with Gasteiger partial charge in [-0.3, -0.25) is 4.98 Å². The molecule has 1 aliphatic rings. The van der Waals surface area contributed by atoms with Crippen LogP contribution in [0, 0.1) is 6.92 Å². The van der Waals surface area contributed by atoms with Crippen molar-refractivity contribution < 1.29 is 9.84 Å². The van der Waals surface area contributed by atoms with Crippen LogP contribution in [0.25, 0.3) is 0 Å². The SMILES string of the molecule is Cc1ccnc(C(O)CCc2ccc3c(c2)CCO3)c1. The number of ether oxygens (including phenoxy) is 1. The van der Waals surface area contributed by atoms with E-state index in [-0.39, 0.29) is 0 Å². The molecule has 2 heterocycles. The molecular formula is C17H19NO2. The van der Waals surface area contributed by atoms with Crippen molar-refractivity contribution in [3.8, 4) is 5.75 Å². The molecule has 3 rings (SSSR count). The molecule has 0 amide bonds. The molecule has 2 aromatic rings. The molecule has 1 aromatic heterocycles. The van der Waals surface area contributed by atoms with Crippen molar-refractivity contribution in [1.82, 2.24) is 4.98 Å². The normalized spacial score (nSPS) is 14.7. The predicted octanol–water partition coefficient (Wildman–Crippen LogP) is 2.99. The Hall–Kier alpha value is -1.87. The second-order valence-corrected chi connectivity index (χ2v) is 5.35. The molecule has 0 fully saturated rings. The molecular weight excluding hydrogens is 250 g/mol. The van der Waals surface area contributed by atoms with Crippen LogP contribution in [0.3, 0.4) is 0 Å². The summed E-state index contributed by atoms with van der Waals surface area (Å²) >= 11 is 0. The first-order chi connectivity index (χ1) is 9.72. The van der Waals surface area contributed by atoms with E-state index >= 15 is 0 Å². The third-order valence-corrected chi connectivity index (χ3v) is 3.74. The van der Waals surface area contributed by atoms with Crippen molar-refractivity contribution >= 4 is 0 Å². The number of pyridine rings is 1. The third-order valence-electron chi connectivity index (χ3n) is 3.74. The summed E-state index contributed by atoms with van der Waals surface area (Å²) in [4.78, 5) is 4.24. The van der Waals surface area contributed by atoms with Crippen LogP contribution in [-0.4, -0.2) is 16.7 Å². The van der Waals surface area contributed by atoms with Gasteiger partial charge in [0.2, 0.25) is 0 Å². The van der Waals surface area contributed by atoms with Gasteiger partial charge in [-0.05, 0) is 54.7 Å². The Morgan fingerprint density at radius 2 is 2.20 bits per heavy atom. The Morgan fingerprint density at radius 1 is 1.30 bits per heavy atom. The van der Waals surface area contributed by atoms with Gasteiger partial charge in [0.1, 0.15) is 5.75 Å². The Kier molecular flexibility index (Phi) is 3.70. The molecule has 1 N–H and O–H groups in total. The maximum Gasteiger partial charge on any atom is 0.122 e. The lowest BCUT2D eigenvalue weighted by atomic mass is 10.0. The van der Waals surface area contributed by atoms with Crippen LogP contribution in [0.15, 0.2) is 36.5 Å². The minimum absolute atomic E-state index is 0.501. The lowest BCUT2D eigenvalue weighted by Gasteiger charge is -2.11. The van der Waals surface area contributed by atoms with Crippen molar-refractivity contribution in [2.75, 3.05) is 6.61 Å². The average Bonchev–Trinajstić information content (AvgIpc) is 2.92. The zero-order valence-electron chi connectivity index (χ0n) is 11.7. The molecule has 0 radical (unpaired) electrons. The summed E-state index contributed by atoms with van der Waals surface area (Å²) in [5.74, 6) is 1.01. The molecule has 104 valence electrons. The fourth-order valence-corrected chi connectivity index (χ4v) is 2.59. The maximum absolute atomic E-state index is 10.2. The fourth-order valence-electron chi connectivity index (χ4n) is 2.59. The average molecular weight is 269 g/mol. The largest absolute Gasteiger partial charge is 0.493 e. The number of rotatable bonds is 4. The standard InChI is InChI=1S/C17H19NO2/c1-12-6-8-18-15(10-12)16(19)4-2-13-3-5-17-14(11-13)7-9-20-17/h3,5-6,8,10-11,16,19H,2,4,7,9H2,1H3. The number of nitrogens with zero attached hydrogens (tertiary/aromatic N) is 1. The van der Waals surface area contributed by atoms with E-state index in [9.17, 15) is 5.11 Å². The van der Waals surface area contributed by atoms with Crippen LogP contribution in [0.4, 0.5) is 0 Å². The number of aliphatic hydroxyl groups is 1. The van der Waals surface area contributed by atoms with Gasteiger partial charge in [0.05, 0.1) is 18.4 Å². The van der Waals surface area contributed by atoms with Crippen molar-refractivity contribution in [1.29, 1.82) is 0 Å². The van der Waals surface area contributed by atoms with Gasteiger partial charge in [0.15, 0.2) is 0 Å². The lowest BCUT2D eigenvalue weighted by Crippen LogP contribution is -2.02. The molecule has 3 nitrogen and oxygen atoms in total. The molecule has 3 heteroatoms. The highest BCUT2D eigenvalue weighted by molar-refractivity contribution is 5.39. The smallest absolute Gasteiger partial charge is 0.122 e. The molecule has 1 aliphatic heterocycles. The van der Waals surface area contributed by atoms with E-state index in [1.807, 2.05) is 25.1 Å². The van der Waals surface area contributed by atoms with Crippen LogP contribution < -0.4 is 4.74 Å². The first-order valence-electron chi connectivity index (χ1n) is 7.07. The predicted molar refractivity (Wildman–Crippen MR) is 77.9 cm³/mol. The summed E-state index contributed by atoms with van der Waals surface area (Å²) in [6.07, 6.45) is 3.78. The number of aromatic nitrogens is 1. The zero-order valence-corrected chi connectivity index (χ0v) is 11.7. The molecule has 0 aliphatic carbocycles. The van der Waals surface area contributed by atoms with Crippen LogP contribution in [0.1, 0.15) is 34.9 Å². The Balaban J connectivity index is 1.64. The summed E-state index contributed by atoms with van der Waals surface area (Å²) in [5, 5.41) is 10.2. The van der Waals surface area contributed by atoms with E-state index in [1.165, 1.54) is 11.1 Å². The molecule has 1 unspecified atom stereocenters. The van der Waals surface area contributed by atoms with E-state index in [0.717, 1.165) is 36.5 Å². The van der Waals surface area contributed by atoms with Crippen LogP contribution in [-0.2, 0) is 12.8 Å². The quantitative estimate of drug-likeness (QED) is 0.927. The number of aliphatic hydroxyl groups excluding tert-OH is 1. The highest BCUT2D eigenvalue weighted by Crippen LogP contribution is 2.27. The van der Waals surface area contributed by atoms with Crippen molar-refractivity contribution in [2.45, 2.75) is 32.3 Å². The van der Waals surface area contributed by atoms with Gasteiger partial charge < -0.3 is 9.84 Å². The van der Waals surface area contributed by atoms with Gasteiger partial charge in [0.25, 0.3) is 0 Å². The second kappa shape index (κ2) is 5.63. The Bertz CT molecular complexity index is 610. The topological polar surface area (TPSA) is 42.4 Å². The van der Waals surface area contributed by atoms with Crippen molar-refractivity contribution in [3.05, 3.63) is 58.9 Å². The van der Waals surface area contributed by atoms with Gasteiger partial charge in [-0.1, -0.05) is 12.1 Å². The number of hydrogen-bond acceptors (Lipinski definition) is 3. The number of benzene rings is 1. The molecule has 0 saturated heterocycles. The number of hydrogen-bond donors (Lipinski definition) is 1. The van der Waals surface area contributed by atoms with Crippen LogP contribution in [0.2, 0.25) is 0 Å². The summed E-state index contributed by atoms with van der Waals surface area (Å²) in [5.41, 5.74) is 4.42. The van der Waals surface area contributed by atoms with E-state index in [1.54, 1.807) is 6.20 Å². The minimum Gasteiger partial charge on any atom is -0.493 e. The van der Waals surface area contributed by atoms with E-state index in [0.29, 0.717) is 6.42 Å². The Labute approximate surface area is 119 Å². The molecule has 1 aromatic carbocycles. The van der Waals surface area contributed by atoms with Crippen LogP contribution in [0.5, 0.6) is 5.75 Å². The van der Waals surface area contributed by atoms with Gasteiger partial charge >= 0.3 is 0 Å². The van der Waals surface area contributed by atoms with Crippen molar-refractivity contribution in [3.63, 3.8) is 0 Å². The maximum atomic E-state index is 10.2. The number of aryl methyl sites for hydroxylation is 2. The molecule has 0 spiro atoms. The van der Waals surface area contributed by atoms with Gasteiger partial charge in [0, 0.05) is 12.6 Å². The summed E-state index contributed by atoms with van der Waals surface area (Å²) in [6.45, 7) is 2.80. The third kappa shape index (κ3) is 2.83. The van der Waals surface area contributed by atoms with Gasteiger partial charge in [-0.2, -0.15) is 0 Å². The highest BCUT2D eigenvalue weighted by atomic mass is 16.5. The highest BCUT2D eigenvalue weighted by Gasteiger charge is 2.13. The van der Waals surface area contributed by atoms with E-state index in [2.05, 4.69) is 17.1 Å². The lowest BCUT2D eigenvalue weighted by molar-refractivity contribution is 0.163. The molecule has 20 heavy (non-hydrogen) atoms. The fraction of sp³-hybridized carbons (Fsp3) is 0.353. The summed E-state index contributed by atoms with van der Waals surface area (Å²) < 4.78 is 5.50. The zero-order chi connectivity index (χ0) is 13.9. The van der Waals surface area contributed by atoms with E-state index < -0.39 is 6.10 Å². The summed E-state index contributed by atoms with van der Waals surface area (Å²) in [7, 11) is 0. The molecule has 0 saturated carbocycles. The first kappa shape index (κ1) is 13.1. The van der Waals surface area contributed by atoms with Gasteiger partial charge in [-0.25, -0.2) is 0 Å². The molecule has 0 bridgehead atoms. The van der Waals surface area contributed by atoms with E-state index in [4.69, 9.17) is 4.74 Å². The van der Waals surface area contributed by atoms with Crippen LogP contribution >= 0.6 is 0 Å². The van der Waals surface area contributed by atoms with Crippen molar-refractivity contribution in [2.24, 2.45) is 0 Å². The van der Waals surface area contributed by atoms with Gasteiger partial charge in [-0.15, -0.1) is 0 Å². The monoisotopic (exact) mass is 269 g/mol. The number of fused-ring (bicyclic) bond motifs is 1. The molecule has 1 atom stereocenters. The second-order valence-electron chi connectivity index (χ2n) is 5.35. The Morgan fingerprint density at radius 3 is 3.05 bits per heavy atom. The minimum atomic E-state index is -0.501. The summed E-state index contributed by atoms with van der Waals surface area (Å²) in [6, 6.07) is 10.2. The first-order valence-corrected chi connectivity index (χ1v) is 7.07.